The summed E-state index contributed by atoms with van der Waals surface area (Å²) in [5, 5.41) is 6.49. The molecule has 2 heterocycles. The molecule has 1 aliphatic rings. The highest BCUT2D eigenvalue weighted by Crippen LogP contribution is 2.28. The highest BCUT2D eigenvalue weighted by Gasteiger charge is 2.34. The van der Waals surface area contributed by atoms with Crippen LogP contribution in [-0.4, -0.2) is 24.0 Å². The Morgan fingerprint density at radius 2 is 2.00 bits per heavy atom. The number of carbonyl (C=O) groups is 1. The van der Waals surface area contributed by atoms with Crippen molar-refractivity contribution in [2.75, 3.05) is 13.1 Å². The van der Waals surface area contributed by atoms with Gasteiger partial charge in [-0.25, -0.2) is 0 Å². The van der Waals surface area contributed by atoms with Crippen LogP contribution in [0.25, 0.3) is 0 Å². The lowest BCUT2D eigenvalue weighted by Gasteiger charge is -2.21. The van der Waals surface area contributed by atoms with Gasteiger partial charge in [0.05, 0.1) is 12.0 Å². The average molecular weight is 309 g/mol. The lowest BCUT2D eigenvalue weighted by atomic mass is 9.89. The molecule has 0 aliphatic carbocycles. The van der Waals surface area contributed by atoms with Crippen LogP contribution in [0, 0.1) is 12.8 Å². The van der Waals surface area contributed by atoms with Gasteiger partial charge in [0.2, 0.25) is 5.91 Å². The number of benzene rings is 1. The Kier molecular flexibility index (Phi) is 4.72. The van der Waals surface area contributed by atoms with E-state index in [1.807, 2.05) is 56.4 Å². The Hall–Kier alpha value is -2.20. The number of rotatable bonds is 4. The number of amides is 1. The molecule has 23 heavy (non-hydrogen) atoms. The first-order valence-corrected chi connectivity index (χ1v) is 8.13. The first kappa shape index (κ1) is 15.7. The maximum atomic E-state index is 12.7. The Bertz CT molecular complexity index is 654. The van der Waals surface area contributed by atoms with Crippen LogP contribution in [-0.2, 0) is 4.79 Å². The summed E-state index contributed by atoms with van der Waals surface area (Å²) < 4.78 is 0. The van der Waals surface area contributed by atoms with Crippen molar-refractivity contribution >= 4 is 5.91 Å². The van der Waals surface area contributed by atoms with E-state index in [2.05, 4.69) is 21.7 Å². The summed E-state index contributed by atoms with van der Waals surface area (Å²) in [4.78, 5) is 17.1. The van der Waals surface area contributed by atoms with Crippen molar-refractivity contribution in [1.82, 2.24) is 15.6 Å². The van der Waals surface area contributed by atoms with Gasteiger partial charge in [-0.1, -0.05) is 36.4 Å². The third-order valence-electron chi connectivity index (χ3n) is 4.57. The third-order valence-corrected chi connectivity index (χ3v) is 4.57. The fourth-order valence-corrected chi connectivity index (χ4v) is 3.15. The second-order valence-corrected chi connectivity index (χ2v) is 6.25. The van der Waals surface area contributed by atoms with Gasteiger partial charge in [-0.15, -0.1) is 0 Å². The van der Waals surface area contributed by atoms with Gasteiger partial charge < -0.3 is 10.6 Å². The van der Waals surface area contributed by atoms with E-state index >= 15 is 0 Å². The minimum atomic E-state index is -0.0503. The van der Waals surface area contributed by atoms with Crippen LogP contribution in [0.1, 0.15) is 35.7 Å². The van der Waals surface area contributed by atoms with E-state index in [0.29, 0.717) is 6.54 Å². The van der Waals surface area contributed by atoms with Crippen molar-refractivity contribution in [3.63, 3.8) is 0 Å². The molecule has 2 N–H and O–H groups in total. The van der Waals surface area contributed by atoms with E-state index in [1.54, 1.807) is 0 Å². The molecular weight excluding hydrogens is 286 g/mol. The van der Waals surface area contributed by atoms with E-state index < -0.39 is 0 Å². The first-order valence-electron chi connectivity index (χ1n) is 8.13. The van der Waals surface area contributed by atoms with E-state index in [4.69, 9.17) is 0 Å². The van der Waals surface area contributed by atoms with Gasteiger partial charge >= 0.3 is 0 Å². The van der Waals surface area contributed by atoms with Gasteiger partial charge in [-0.3, -0.25) is 9.78 Å². The molecule has 0 unspecified atom stereocenters. The SMILES string of the molecule is Cc1ccc([C@@H]2CNC[C@H]2C(=O)N[C@@H](C)c2ccccc2)cn1. The maximum Gasteiger partial charge on any atom is 0.225 e. The van der Waals surface area contributed by atoms with Crippen LogP contribution in [0.15, 0.2) is 48.7 Å². The van der Waals surface area contributed by atoms with Gasteiger partial charge in [0.15, 0.2) is 0 Å². The van der Waals surface area contributed by atoms with Crippen LogP contribution >= 0.6 is 0 Å². The standard InChI is InChI=1S/C19H23N3O/c1-13-8-9-16(10-21-13)17-11-20-12-18(17)19(23)22-14(2)15-6-4-3-5-7-15/h3-10,14,17-18,20H,11-12H2,1-2H3,(H,22,23)/t14-,17-,18+/m0/s1. The number of hydrogen-bond acceptors (Lipinski definition) is 3. The van der Waals surface area contributed by atoms with Crippen molar-refractivity contribution < 1.29 is 4.79 Å². The van der Waals surface area contributed by atoms with Crippen LogP contribution in [0.3, 0.4) is 0 Å². The summed E-state index contributed by atoms with van der Waals surface area (Å²) in [5.74, 6) is 0.244. The van der Waals surface area contributed by atoms with E-state index in [-0.39, 0.29) is 23.8 Å². The summed E-state index contributed by atoms with van der Waals surface area (Å²) in [7, 11) is 0. The fourth-order valence-electron chi connectivity index (χ4n) is 3.15. The normalized spacial score (nSPS) is 21.8. The molecule has 1 saturated heterocycles. The number of nitrogens with zero attached hydrogens (tertiary/aromatic N) is 1. The van der Waals surface area contributed by atoms with Crippen molar-refractivity contribution in [2.24, 2.45) is 5.92 Å². The van der Waals surface area contributed by atoms with Crippen molar-refractivity contribution in [3.05, 3.63) is 65.5 Å². The monoisotopic (exact) mass is 309 g/mol. The Morgan fingerprint density at radius 3 is 2.70 bits per heavy atom. The zero-order valence-corrected chi connectivity index (χ0v) is 13.6. The second kappa shape index (κ2) is 6.92. The lowest BCUT2D eigenvalue weighted by Crippen LogP contribution is -2.36. The molecule has 4 nitrogen and oxygen atoms in total. The van der Waals surface area contributed by atoms with Crippen LogP contribution < -0.4 is 10.6 Å². The molecule has 1 aromatic carbocycles. The summed E-state index contributed by atoms with van der Waals surface area (Å²) in [6, 6.07) is 14.2. The highest BCUT2D eigenvalue weighted by atomic mass is 16.2. The number of hydrogen-bond donors (Lipinski definition) is 2. The third kappa shape index (κ3) is 3.59. The molecule has 0 bridgehead atoms. The van der Waals surface area contributed by atoms with Crippen molar-refractivity contribution in [2.45, 2.75) is 25.8 Å². The molecule has 0 radical (unpaired) electrons. The Balaban J connectivity index is 1.69. The predicted octanol–water partition coefficient (Wildman–Crippen LogP) is 2.57. The van der Waals surface area contributed by atoms with Gasteiger partial charge in [0.1, 0.15) is 0 Å². The summed E-state index contributed by atoms with van der Waals surface area (Å²) in [5.41, 5.74) is 3.26. The van der Waals surface area contributed by atoms with Gasteiger partial charge in [-0.2, -0.15) is 0 Å². The first-order chi connectivity index (χ1) is 11.1. The molecule has 1 amide bonds. The molecule has 120 valence electrons. The van der Waals surface area contributed by atoms with E-state index in [9.17, 15) is 4.79 Å². The summed E-state index contributed by atoms with van der Waals surface area (Å²) in [6.45, 7) is 5.54. The molecule has 1 fully saturated rings. The van der Waals surface area contributed by atoms with Gasteiger partial charge in [0, 0.05) is 30.9 Å². The predicted molar refractivity (Wildman–Crippen MR) is 91.1 cm³/mol. The number of pyridine rings is 1. The van der Waals surface area contributed by atoms with Crippen LogP contribution in [0.5, 0.6) is 0 Å². The molecule has 3 rings (SSSR count). The quantitative estimate of drug-likeness (QED) is 0.912. The highest BCUT2D eigenvalue weighted by molar-refractivity contribution is 5.81. The van der Waals surface area contributed by atoms with Crippen LogP contribution in [0.4, 0.5) is 0 Å². The van der Waals surface area contributed by atoms with Gasteiger partial charge in [-0.05, 0) is 31.0 Å². The van der Waals surface area contributed by atoms with E-state index in [1.165, 1.54) is 0 Å². The molecule has 2 aromatic rings. The maximum absolute atomic E-state index is 12.7. The van der Waals surface area contributed by atoms with Crippen LogP contribution in [0.2, 0.25) is 0 Å². The number of aromatic nitrogens is 1. The zero-order valence-electron chi connectivity index (χ0n) is 13.6. The number of aryl methyl sites for hydroxylation is 1. The average Bonchev–Trinajstić information content (AvgIpc) is 3.06. The topological polar surface area (TPSA) is 54.0 Å². The number of nitrogens with one attached hydrogen (secondary N) is 2. The molecule has 0 spiro atoms. The molecule has 4 heteroatoms. The molecule has 1 aromatic heterocycles. The minimum Gasteiger partial charge on any atom is -0.349 e. The minimum absolute atomic E-state index is 0.0149. The zero-order chi connectivity index (χ0) is 16.2. The number of carbonyl (C=O) groups excluding carboxylic acids is 1. The largest absolute Gasteiger partial charge is 0.349 e. The second-order valence-electron chi connectivity index (χ2n) is 6.25. The van der Waals surface area contributed by atoms with E-state index in [0.717, 1.165) is 23.4 Å². The molecule has 0 saturated carbocycles. The summed E-state index contributed by atoms with van der Waals surface area (Å²) >= 11 is 0. The van der Waals surface area contributed by atoms with Gasteiger partial charge in [0.25, 0.3) is 0 Å². The molecule has 3 atom stereocenters. The molecule has 1 aliphatic heterocycles. The summed E-state index contributed by atoms with van der Waals surface area (Å²) in [6.07, 6.45) is 1.90. The molecular formula is C19H23N3O. The fraction of sp³-hybridized carbons (Fsp3) is 0.368. The van der Waals surface area contributed by atoms with Crippen molar-refractivity contribution in [1.29, 1.82) is 0 Å². The lowest BCUT2D eigenvalue weighted by molar-refractivity contribution is -0.125. The van der Waals surface area contributed by atoms with Crippen molar-refractivity contribution in [3.8, 4) is 0 Å². The Morgan fingerprint density at radius 1 is 1.22 bits per heavy atom. The Labute approximate surface area is 137 Å². The smallest absolute Gasteiger partial charge is 0.225 e.